The molecule has 8 nitrogen and oxygen atoms in total. The van der Waals surface area contributed by atoms with Gasteiger partial charge in [-0.25, -0.2) is 0 Å². The van der Waals surface area contributed by atoms with Gasteiger partial charge in [0.25, 0.3) is 5.91 Å². The predicted molar refractivity (Wildman–Crippen MR) is 134 cm³/mol. The molecule has 1 atom stereocenters. The molecule has 2 heterocycles. The minimum Gasteiger partial charge on any atom is -0.481 e. The van der Waals surface area contributed by atoms with Crippen molar-refractivity contribution in [1.29, 1.82) is 0 Å². The molecule has 0 saturated heterocycles. The van der Waals surface area contributed by atoms with Crippen LogP contribution in [0.15, 0.2) is 82.9 Å². The van der Waals surface area contributed by atoms with Crippen molar-refractivity contribution in [3.05, 3.63) is 84.2 Å². The first-order valence-electron chi connectivity index (χ1n) is 10.9. The van der Waals surface area contributed by atoms with Gasteiger partial charge in [-0.3, -0.25) is 19.6 Å². The van der Waals surface area contributed by atoms with Crippen molar-refractivity contribution >= 4 is 41.0 Å². The first-order chi connectivity index (χ1) is 16.6. The Morgan fingerprint density at radius 1 is 1.09 bits per heavy atom. The van der Waals surface area contributed by atoms with Crippen LogP contribution in [-0.4, -0.2) is 41.0 Å². The van der Waals surface area contributed by atoms with Crippen molar-refractivity contribution in [3.8, 4) is 0 Å². The van der Waals surface area contributed by atoms with Gasteiger partial charge in [0.05, 0.1) is 6.42 Å². The molecule has 4 rings (SSSR count). The molecule has 1 aromatic heterocycles. The van der Waals surface area contributed by atoms with E-state index in [1.807, 2.05) is 42.5 Å². The van der Waals surface area contributed by atoms with E-state index in [-0.39, 0.29) is 17.6 Å². The number of thioether (sulfide) groups is 1. The molecule has 0 fully saturated rings. The number of aromatic nitrogens is 1. The fourth-order valence-corrected chi connectivity index (χ4v) is 4.55. The molecular weight excluding hydrogens is 450 g/mol. The number of amides is 1. The van der Waals surface area contributed by atoms with Gasteiger partial charge in [-0.05, 0) is 60.5 Å². The number of carbonyl (C=O) groups is 2. The summed E-state index contributed by atoms with van der Waals surface area (Å²) in [7, 11) is 0. The van der Waals surface area contributed by atoms with Gasteiger partial charge >= 0.3 is 5.97 Å². The summed E-state index contributed by atoms with van der Waals surface area (Å²) < 4.78 is 0. The molecular formula is C25H25N5O3S. The summed E-state index contributed by atoms with van der Waals surface area (Å²) in [6, 6.07) is 18.3. The molecule has 1 aliphatic heterocycles. The second-order valence-corrected chi connectivity index (χ2v) is 8.96. The van der Waals surface area contributed by atoms with Gasteiger partial charge in [0, 0.05) is 52.6 Å². The number of carboxylic acid groups (broad SMARTS) is 1. The average molecular weight is 476 g/mol. The summed E-state index contributed by atoms with van der Waals surface area (Å²) in [6.45, 7) is 1.66. The SMILES string of the molecule is O=C(O)CC(Sc1ccc(NC(=O)c2cccc(NC3=NCCCN3)c2)cc1)c1cccnc1. The van der Waals surface area contributed by atoms with Crippen LogP contribution < -0.4 is 16.0 Å². The highest BCUT2D eigenvalue weighted by Gasteiger charge is 2.17. The lowest BCUT2D eigenvalue weighted by Crippen LogP contribution is -2.35. The van der Waals surface area contributed by atoms with Crippen LogP contribution in [0.1, 0.15) is 34.0 Å². The Morgan fingerprint density at radius 3 is 2.65 bits per heavy atom. The Kier molecular flexibility index (Phi) is 7.77. The van der Waals surface area contributed by atoms with Crippen molar-refractivity contribution in [2.24, 2.45) is 4.99 Å². The molecule has 3 aromatic rings. The zero-order valence-corrected chi connectivity index (χ0v) is 19.2. The second kappa shape index (κ2) is 11.3. The van der Waals surface area contributed by atoms with E-state index in [4.69, 9.17) is 0 Å². The lowest BCUT2D eigenvalue weighted by molar-refractivity contribution is -0.137. The third kappa shape index (κ3) is 6.58. The Labute approximate surface area is 201 Å². The highest BCUT2D eigenvalue weighted by Crippen LogP contribution is 2.37. The van der Waals surface area contributed by atoms with E-state index in [0.717, 1.165) is 35.7 Å². The van der Waals surface area contributed by atoms with E-state index < -0.39 is 5.97 Å². The third-order valence-corrected chi connectivity index (χ3v) is 6.36. The maximum atomic E-state index is 12.8. The Balaban J connectivity index is 1.39. The number of aliphatic imine (C=N–C) groups is 1. The third-order valence-electron chi connectivity index (χ3n) is 5.09. The highest BCUT2D eigenvalue weighted by atomic mass is 32.2. The van der Waals surface area contributed by atoms with Gasteiger partial charge in [0.1, 0.15) is 0 Å². The normalized spacial score (nSPS) is 13.8. The quantitative estimate of drug-likeness (QED) is 0.357. The Bertz CT molecular complexity index is 1170. The van der Waals surface area contributed by atoms with Gasteiger partial charge in [-0.2, -0.15) is 0 Å². The maximum Gasteiger partial charge on any atom is 0.304 e. The van der Waals surface area contributed by atoms with Crippen molar-refractivity contribution in [1.82, 2.24) is 10.3 Å². The van der Waals surface area contributed by atoms with E-state index in [1.54, 1.807) is 30.6 Å². The van der Waals surface area contributed by atoms with E-state index in [9.17, 15) is 14.7 Å². The topological polar surface area (TPSA) is 116 Å². The molecule has 0 radical (unpaired) electrons. The number of aliphatic carboxylic acids is 1. The Hall–Kier alpha value is -3.85. The van der Waals surface area contributed by atoms with Crippen LogP contribution in [0.3, 0.4) is 0 Å². The smallest absolute Gasteiger partial charge is 0.304 e. The van der Waals surface area contributed by atoms with Crippen LogP contribution in [0.4, 0.5) is 11.4 Å². The van der Waals surface area contributed by atoms with Crippen LogP contribution in [0.2, 0.25) is 0 Å². The fourth-order valence-electron chi connectivity index (χ4n) is 3.43. The van der Waals surface area contributed by atoms with Gasteiger partial charge in [0.2, 0.25) is 0 Å². The number of anilines is 2. The monoisotopic (exact) mass is 475 g/mol. The lowest BCUT2D eigenvalue weighted by atomic mass is 10.1. The molecule has 1 aliphatic rings. The summed E-state index contributed by atoms with van der Waals surface area (Å²) in [5, 5.41) is 18.3. The van der Waals surface area contributed by atoms with Gasteiger partial charge < -0.3 is 21.1 Å². The van der Waals surface area contributed by atoms with Crippen molar-refractivity contribution < 1.29 is 14.7 Å². The second-order valence-electron chi connectivity index (χ2n) is 7.69. The van der Waals surface area contributed by atoms with Crippen molar-refractivity contribution in [3.63, 3.8) is 0 Å². The van der Waals surface area contributed by atoms with E-state index in [1.165, 1.54) is 11.8 Å². The lowest BCUT2D eigenvalue weighted by Gasteiger charge is -2.16. The molecule has 4 N–H and O–H groups in total. The minimum absolute atomic E-state index is 0.0127. The van der Waals surface area contributed by atoms with Crippen molar-refractivity contribution in [2.75, 3.05) is 23.7 Å². The molecule has 0 aliphatic carbocycles. The first-order valence-corrected chi connectivity index (χ1v) is 11.8. The molecule has 174 valence electrons. The number of hydrogen-bond acceptors (Lipinski definition) is 7. The number of nitrogens with one attached hydrogen (secondary N) is 3. The number of carboxylic acids is 1. The summed E-state index contributed by atoms with van der Waals surface area (Å²) >= 11 is 1.45. The highest BCUT2D eigenvalue weighted by molar-refractivity contribution is 7.99. The molecule has 1 amide bonds. The van der Waals surface area contributed by atoms with Crippen LogP contribution >= 0.6 is 11.8 Å². The van der Waals surface area contributed by atoms with Crippen LogP contribution in [0.25, 0.3) is 0 Å². The molecule has 2 aromatic carbocycles. The summed E-state index contributed by atoms with van der Waals surface area (Å²) in [5.41, 5.74) is 2.82. The number of carbonyl (C=O) groups excluding carboxylic acids is 1. The predicted octanol–water partition coefficient (Wildman–Crippen LogP) is 4.40. The molecule has 9 heteroatoms. The van der Waals surface area contributed by atoms with Gasteiger partial charge in [-0.15, -0.1) is 11.8 Å². The fraction of sp³-hybridized carbons (Fsp3) is 0.200. The zero-order valence-electron chi connectivity index (χ0n) is 18.4. The minimum atomic E-state index is -0.867. The van der Waals surface area contributed by atoms with Crippen LogP contribution in [-0.2, 0) is 4.79 Å². The molecule has 0 saturated carbocycles. The van der Waals surface area contributed by atoms with E-state index >= 15 is 0 Å². The number of guanidine groups is 1. The van der Waals surface area contributed by atoms with E-state index in [0.29, 0.717) is 17.2 Å². The van der Waals surface area contributed by atoms with Crippen molar-refractivity contribution in [2.45, 2.75) is 23.0 Å². The summed E-state index contributed by atoms with van der Waals surface area (Å²) in [4.78, 5) is 33.5. The van der Waals surface area contributed by atoms with Crippen LogP contribution in [0, 0.1) is 0 Å². The maximum absolute atomic E-state index is 12.8. The number of pyridine rings is 1. The van der Waals surface area contributed by atoms with Gasteiger partial charge in [0.15, 0.2) is 5.96 Å². The number of rotatable bonds is 8. The van der Waals surface area contributed by atoms with Gasteiger partial charge in [-0.1, -0.05) is 12.1 Å². The molecule has 0 spiro atoms. The molecule has 34 heavy (non-hydrogen) atoms. The van der Waals surface area contributed by atoms with E-state index in [2.05, 4.69) is 25.9 Å². The largest absolute Gasteiger partial charge is 0.481 e. The zero-order chi connectivity index (χ0) is 23.8. The van der Waals surface area contributed by atoms with Crippen LogP contribution in [0.5, 0.6) is 0 Å². The average Bonchev–Trinajstić information content (AvgIpc) is 2.86. The molecule has 1 unspecified atom stereocenters. The number of nitrogens with zero attached hydrogens (tertiary/aromatic N) is 2. The standard InChI is InChI=1S/C25H25N5O3S/c31-23(32)15-22(18-5-2-11-26-16-18)34-21-9-7-19(8-10-21)29-24(33)17-4-1-6-20(14-17)30-25-27-12-3-13-28-25/h1-2,4-11,14,16,22H,3,12-13,15H2,(H,29,33)(H,31,32)(H2,27,28,30). The summed E-state index contributed by atoms with van der Waals surface area (Å²) in [6.07, 6.45) is 4.35. The summed E-state index contributed by atoms with van der Waals surface area (Å²) in [5.74, 6) is -0.376. The Morgan fingerprint density at radius 2 is 1.94 bits per heavy atom. The number of benzene rings is 2. The first kappa shape index (κ1) is 23.3. The number of hydrogen-bond donors (Lipinski definition) is 4. The molecule has 0 bridgehead atoms.